The van der Waals surface area contributed by atoms with E-state index in [0.717, 1.165) is 18.0 Å². The number of halogens is 1. The van der Waals surface area contributed by atoms with E-state index in [1.54, 1.807) is 0 Å². The lowest BCUT2D eigenvalue weighted by Crippen LogP contribution is -2.33. The van der Waals surface area contributed by atoms with Crippen LogP contribution in [0.15, 0.2) is 24.3 Å². The van der Waals surface area contributed by atoms with Gasteiger partial charge in [0, 0.05) is 17.1 Å². The molecule has 1 aromatic rings. The largest absolute Gasteiger partial charge is 0.320 e. The Morgan fingerprint density at radius 2 is 2.06 bits per heavy atom. The first-order valence-electron chi connectivity index (χ1n) is 6.18. The molecule has 0 amide bonds. The third-order valence-corrected chi connectivity index (χ3v) is 3.68. The van der Waals surface area contributed by atoms with Crippen LogP contribution >= 0.6 is 11.6 Å². The zero-order valence-corrected chi connectivity index (χ0v) is 12.0. The number of hydrogen-bond donors (Lipinski definition) is 1. The van der Waals surface area contributed by atoms with E-state index in [1.165, 1.54) is 5.56 Å². The molecule has 1 N–H and O–H groups in total. The van der Waals surface area contributed by atoms with Crippen LogP contribution < -0.4 is 5.32 Å². The molecule has 0 radical (unpaired) electrons. The Kier molecular flexibility index (Phi) is 5.96. The van der Waals surface area contributed by atoms with Gasteiger partial charge < -0.3 is 5.32 Å². The summed E-state index contributed by atoms with van der Waals surface area (Å²) in [7, 11) is 4.17. The van der Waals surface area contributed by atoms with Gasteiger partial charge in [-0.05, 0) is 58.6 Å². The fourth-order valence-electron chi connectivity index (χ4n) is 1.94. The van der Waals surface area contributed by atoms with Gasteiger partial charge in [0.25, 0.3) is 0 Å². The average molecular weight is 255 g/mol. The summed E-state index contributed by atoms with van der Waals surface area (Å²) in [5.41, 5.74) is 1.27. The molecule has 2 nitrogen and oxygen atoms in total. The predicted molar refractivity (Wildman–Crippen MR) is 75.6 cm³/mol. The molecule has 1 rings (SSSR count). The van der Waals surface area contributed by atoms with Crippen molar-refractivity contribution < 1.29 is 0 Å². The second kappa shape index (κ2) is 7.00. The average Bonchev–Trinajstić information content (AvgIpc) is 2.34. The summed E-state index contributed by atoms with van der Waals surface area (Å²) in [4.78, 5) is 2.39. The summed E-state index contributed by atoms with van der Waals surface area (Å²) in [6.45, 7) is 5.54. The molecule has 96 valence electrons. The smallest absolute Gasteiger partial charge is 0.0409 e. The second-order valence-electron chi connectivity index (χ2n) is 4.64. The van der Waals surface area contributed by atoms with E-state index >= 15 is 0 Å². The fraction of sp³-hybridized carbons (Fsp3) is 0.571. The zero-order chi connectivity index (χ0) is 12.8. The van der Waals surface area contributed by atoms with Crippen LogP contribution in [0.3, 0.4) is 0 Å². The van der Waals surface area contributed by atoms with Gasteiger partial charge in [-0.15, -0.1) is 0 Å². The molecule has 0 fully saturated rings. The maximum Gasteiger partial charge on any atom is 0.0409 e. The third kappa shape index (κ3) is 4.30. The number of hydrogen-bond acceptors (Lipinski definition) is 2. The van der Waals surface area contributed by atoms with Crippen molar-refractivity contribution in [1.82, 2.24) is 10.2 Å². The Morgan fingerprint density at radius 3 is 2.65 bits per heavy atom. The van der Waals surface area contributed by atoms with E-state index in [0.29, 0.717) is 12.1 Å². The van der Waals surface area contributed by atoms with Crippen molar-refractivity contribution >= 4 is 11.6 Å². The van der Waals surface area contributed by atoms with Crippen molar-refractivity contribution in [2.45, 2.75) is 32.4 Å². The van der Waals surface area contributed by atoms with Crippen LogP contribution in [0.25, 0.3) is 0 Å². The minimum absolute atomic E-state index is 0.389. The highest BCUT2D eigenvalue weighted by atomic mass is 35.5. The standard InChI is InChI=1S/C14H23ClN2/c1-11(8-9-16-3)17(4)12(2)13-6-5-7-14(15)10-13/h5-7,10-12,16H,8-9H2,1-4H3. The summed E-state index contributed by atoms with van der Waals surface area (Å²) < 4.78 is 0. The lowest BCUT2D eigenvalue weighted by Gasteiger charge is -2.31. The van der Waals surface area contributed by atoms with E-state index in [4.69, 9.17) is 11.6 Å². The zero-order valence-electron chi connectivity index (χ0n) is 11.2. The Bertz CT molecular complexity index is 341. The van der Waals surface area contributed by atoms with Crippen molar-refractivity contribution in [1.29, 1.82) is 0 Å². The highest BCUT2D eigenvalue weighted by Gasteiger charge is 2.16. The summed E-state index contributed by atoms with van der Waals surface area (Å²) >= 11 is 6.03. The molecule has 1 aromatic carbocycles. The van der Waals surface area contributed by atoms with Crippen LogP contribution in [0.4, 0.5) is 0 Å². The molecular formula is C14H23ClN2. The Labute approximate surface area is 110 Å². The molecule has 2 atom stereocenters. The van der Waals surface area contributed by atoms with Crippen molar-refractivity contribution in [2.75, 3.05) is 20.6 Å². The molecule has 0 spiro atoms. The van der Waals surface area contributed by atoms with Crippen molar-refractivity contribution in [2.24, 2.45) is 0 Å². The predicted octanol–water partition coefficient (Wildman–Crippen LogP) is 3.33. The molecule has 0 saturated carbocycles. The minimum atomic E-state index is 0.389. The van der Waals surface area contributed by atoms with E-state index in [-0.39, 0.29) is 0 Å². The monoisotopic (exact) mass is 254 g/mol. The van der Waals surface area contributed by atoms with Gasteiger partial charge in [0.2, 0.25) is 0 Å². The maximum atomic E-state index is 6.03. The minimum Gasteiger partial charge on any atom is -0.320 e. The van der Waals surface area contributed by atoms with E-state index < -0.39 is 0 Å². The quantitative estimate of drug-likeness (QED) is 0.838. The van der Waals surface area contributed by atoms with Crippen molar-refractivity contribution in [3.63, 3.8) is 0 Å². The van der Waals surface area contributed by atoms with Gasteiger partial charge >= 0.3 is 0 Å². The summed E-state index contributed by atoms with van der Waals surface area (Å²) in [6, 6.07) is 9.06. The van der Waals surface area contributed by atoms with Crippen LogP contribution in [0.5, 0.6) is 0 Å². The number of rotatable bonds is 6. The first kappa shape index (κ1) is 14.5. The molecule has 0 heterocycles. The molecule has 17 heavy (non-hydrogen) atoms. The van der Waals surface area contributed by atoms with Crippen molar-refractivity contribution in [3.05, 3.63) is 34.9 Å². The van der Waals surface area contributed by atoms with Crippen LogP contribution in [0, 0.1) is 0 Å². The fourth-order valence-corrected chi connectivity index (χ4v) is 2.14. The SMILES string of the molecule is CNCCC(C)N(C)C(C)c1cccc(Cl)c1. The Balaban J connectivity index is 2.65. The normalized spacial score (nSPS) is 14.9. The van der Waals surface area contributed by atoms with Gasteiger partial charge in [0.1, 0.15) is 0 Å². The first-order chi connectivity index (χ1) is 8.06. The molecular weight excluding hydrogens is 232 g/mol. The topological polar surface area (TPSA) is 15.3 Å². The maximum absolute atomic E-state index is 6.03. The molecule has 0 aliphatic heterocycles. The summed E-state index contributed by atoms with van der Waals surface area (Å²) in [5.74, 6) is 0. The van der Waals surface area contributed by atoms with Crippen LogP contribution in [-0.2, 0) is 0 Å². The van der Waals surface area contributed by atoms with Gasteiger partial charge in [-0.3, -0.25) is 4.90 Å². The number of nitrogens with zero attached hydrogens (tertiary/aromatic N) is 1. The Hall–Kier alpha value is -0.570. The van der Waals surface area contributed by atoms with Gasteiger partial charge in [0.05, 0.1) is 0 Å². The summed E-state index contributed by atoms with van der Waals surface area (Å²) in [5, 5.41) is 4.00. The third-order valence-electron chi connectivity index (χ3n) is 3.45. The second-order valence-corrected chi connectivity index (χ2v) is 5.07. The first-order valence-corrected chi connectivity index (χ1v) is 6.56. The van der Waals surface area contributed by atoms with Crippen LogP contribution in [0.1, 0.15) is 31.9 Å². The van der Waals surface area contributed by atoms with Crippen LogP contribution in [0.2, 0.25) is 5.02 Å². The van der Waals surface area contributed by atoms with E-state index in [2.05, 4.69) is 37.2 Å². The molecule has 0 aliphatic rings. The highest BCUT2D eigenvalue weighted by Crippen LogP contribution is 2.23. The van der Waals surface area contributed by atoms with E-state index in [1.807, 2.05) is 25.2 Å². The van der Waals surface area contributed by atoms with Crippen molar-refractivity contribution in [3.8, 4) is 0 Å². The van der Waals surface area contributed by atoms with Gasteiger partial charge in [-0.2, -0.15) is 0 Å². The molecule has 0 bridgehead atoms. The molecule has 0 aliphatic carbocycles. The number of benzene rings is 1. The molecule has 3 heteroatoms. The van der Waals surface area contributed by atoms with E-state index in [9.17, 15) is 0 Å². The summed E-state index contributed by atoms with van der Waals surface area (Å²) in [6.07, 6.45) is 1.15. The molecule has 0 saturated heterocycles. The number of nitrogens with one attached hydrogen (secondary N) is 1. The lowest BCUT2D eigenvalue weighted by atomic mass is 10.0. The molecule has 0 aromatic heterocycles. The molecule has 2 unspecified atom stereocenters. The van der Waals surface area contributed by atoms with Crippen LogP contribution in [-0.4, -0.2) is 31.6 Å². The van der Waals surface area contributed by atoms with Gasteiger partial charge in [-0.25, -0.2) is 0 Å². The lowest BCUT2D eigenvalue weighted by molar-refractivity contribution is 0.188. The Morgan fingerprint density at radius 1 is 1.35 bits per heavy atom. The highest BCUT2D eigenvalue weighted by molar-refractivity contribution is 6.30. The van der Waals surface area contributed by atoms with Gasteiger partial charge in [-0.1, -0.05) is 23.7 Å². The van der Waals surface area contributed by atoms with Gasteiger partial charge in [0.15, 0.2) is 0 Å².